The highest BCUT2D eigenvalue weighted by Crippen LogP contribution is 2.41. The van der Waals surface area contributed by atoms with E-state index in [4.69, 9.17) is 9.47 Å². The van der Waals surface area contributed by atoms with E-state index in [2.05, 4.69) is 11.4 Å². The number of rotatable bonds is 10. The topological polar surface area (TPSA) is 135 Å². The summed E-state index contributed by atoms with van der Waals surface area (Å²) in [6, 6.07) is 24.6. The molecule has 10 nitrogen and oxygen atoms in total. The van der Waals surface area contributed by atoms with Crippen molar-refractivity contribution in [2.45, 2.75) is 32.4 Å². The Labute approximate surface area is 250 Å². The molecule has 0 saturated heterocycles. The normalized spacial score (nSPS) is 15.4. The van der Waals surface area contributed by atoms with E-state index in [1.807, 2.05) is 42.3 Å². The van der Waals surface area contributed by atoms with E-state index < -0.39 is 28.9 Å². The number of likely N-dealkylation sites (N-methyl/N-ethyl adjacent to an activating group) is 1. The SMILES string of the molecule is COC(=O)C1=C(C)NC(C)=C(C(=O)OC(CN(C)Cc2ccccc2)c2ccc(C#N)cc2)C1c1cccc([N+](=O)[O-])c1. The van der Waals surface area contributed by atoms with Crippen molar-refractivity contribution in [2.75, 3.05) is 20.7 Å². The first-order valence-corrected chi connectivity index (χ1v) is 13.6. The Morgan fingerprint density at radius 2 is 1.65 bits per heavy atom. The lowest BCUT2D eigenvalue weighted by Crippen LogP contribution is -2.34. The summed E-state index contributed by atoms with van der Waals surface area (Å²) in [5.74, 6) is -2.35. The van der Waals surface area contributed by atoms with Gasteiger partial charge in [-0.3, -0.25) is 15.0 Å². The summed E-state index contributed by atoms with van der Waals surface area (Å²) in [7, 11) is 3.15. The Morgan fingerprint density at radius 1 is 1.00 bits per heavy atom. The lowest BCUT2D eigenvalue weighted by molar-refractivity contribution is -0.384. The van der Waals surface area contributed by atoms with Gasteiger partial charge in [0, 0.05) is 36.6 Å². The van der Waals surface area contributed by atoms with Gasteiger partial charge in [-0.05, 0) is 49.7 Å². The van der Waals surface area contributed by atoms with Gasteiger partial charge in [-0.1, -0.05) is 54.6 Å². The summed E-state index contributed by atoms with van der Waals surface area (Å²) in [6.07, 6.45) is -0.742. The minimum atomic E-state index is -0.982. The second kappa shape index (κ2) is 13.6. The van der Waals surface area contributed by atoms with Crippen LogP contribution in [0, 0.1) is 21.4 Å². The minimum Gasteiger partial charge on any atom is -0.466 e. The van der Waals surface area contributed by atoms with Gasteiger partial charge in [0.2, 0.25) is 0 Å². The molecule has 0 aliphatic carbocycles. The lowest BCUT2D eigenvalue weighted by atomic mass is 9.80. The molecule has 2 atom stereocenters. The maximum atomic E-state index is 14.1. The summed E-state index contributed by atoms with van der Waals surface area (Å²) in [5, 5.41) is 24.0. The van der Waals surface area contributed by atoms with Gasteiger partial charge >= 0.3 is 11.9 Å². The number of non-ortho nitro benzene ring substituents is 1. The molecule has 0 fully saturated rings. The van der Waals surface area contributed by atoms with Gasteiger partial charge in [-0.2, -0.15) is 5.26 Å². The van der Waals surface area contributed by atoms with E-state index in [1.165, 1.54) is 25.3 Å². The van der Waals surface area contributed by atoms with E-state index in [1.54, 1.807) is 44.2 Å². The van der Waals surface area contributed by atoms with E-state index in [0.717, 1.165) is 5.56 Å². The van der Waals surface area contributed by atoms with Gasteiger partial charge < -0.3 is 14.8 Å². The van der Waals surface area contributed by atoms with Crippen LogP contribution in [0.15, 0.2) is 101 Å². The molecule has 220 valence electrons. The highest BCUT2D eigenvalue weighted by molar-refractivity contribution is 6.00. The highest BCUT2D eigenvalue weighted by Gasteiger charge is 2.39. The van der Waals surface area contributed by atoms with Gasteiger partial charge in [-0.15, -0.1) is 0 Å². The molecule has 4 rings (SSSR count). The number of dihydropyridines is 1. The van der Waals surface area contributed by atoms with E-state index >= 15 is 0 Å². The predicted octanol–water partition coefficient (Wildman–Crippen LogP) is 5.29. The fourth-order valence-electron chi connectivity index (χ4n) is 5.21. The molecular weight excluding hydrogens is 548 g/mol. The number of allylic oxidation sites excluding steroid dienone is 2. The fourth-order valence-corrected chi connectivity index (χ4v) is 5.21. The zero-order valence-electron chi connectivity index (χ0n) is 24.4. The van der Waals surface area contributed by atoms with Crippen LogP contribution in [0.25, 0.3) is 0 Å². The molecule has 0 spiro atoms. The number of methoxy groups -OCH3 is 1. The number of ether oxygens (including phenoxy) is 2. The van der Waals surface area contributed by atoms with Crippen LogP contribution in [-0.4, -0.2) is 42.5 Å². The third kappa shape index (κ3) is 7.15. The molecule has 10 heteroatoms. The summed E-state index contributed by atoms with van der Waals surface area (Å²) in [4.78, 5) is 40.2. The number of carbonyl (C=O) groups is 2. The van der Waals surface area contributed by atoms with Crippen molar-refractivity contribution in [1.29, 1.82) is 5.26 Å². The largest absolute Gasteiger partial charge is 0.466 e. The van der Waals surface area contributed by atoms with Gasteiger partial charge in [0.25, 0.3) is 5.69 Å². The summed E-state index contributed by atoms with van der Waals surface area (Å²) in [5.41, 5.74) is 3.62. The Balaban J connectivity index is 1.73. The minimum absolute atomic E-state index is 0.135. The number of nitrogens with one attached hydrogen (secondary N) is 1. The van der Waals surface area contributed by atoms with Crippen molar-refractivity contribution in [1.82, 2.24) is 10.2 Å². The Kier molecular flexibility index (Phi) is 9.70. The third-order valence-corrected chi connectivity index (χ3v) is 7.23. The number of nitro groups is 1. The Bertz CT molecular complexity index is 1620. The average Bonchev–Trinajstić information content (AvgIpc) is 3.00. The number of carbonyl (C=O) groups excluding carboxylic acids is 2. The predicted molar refractivity (Wildman–Crippen MR) is 159 cm³/mol. The molecule has 0 aromatic heterocycles. The van der Waals surface area contributed by atoms with Crippen LogP contribution in [0.2, 0.25) is 0 Å². The van der Waals surface area contributed by atoms with Crippen molar-refractivity contribution in [3.8, 4) is 6.07 Å². The van der Waals surface area contributed by atoms with E-state index in [-0.39, 0.29) is 16.8 Å². The molecular formula is C33H32N4O6. The van der Waals surface area contributed by atoms with Crippen LogP contribution in [0.3, 0.4) is 0 Å². The smallest absolute Gasteiger partial charge is 0.337 e. The number of esters is 2. The van der Waals surface area contributed by atoms with Crippen LogP contribution in [-0.2, 0) is 25.6 Å². The average molecular weight is 581 g/mol. The van der Waals surface area contributed by atoms with Crippen molar-refractivity contribution in [3.63, 3.8) is 0 Å². The van der Waals surface area contributed by atoms with Gasteiger partial charge in [0.05, 0.1) is 40.7 Å². The first kappa shape index (κ1) is 30.7. The van der Waals surface area contributed by atoms with Gasteiger partial charge in [0.15, 0.2) is 0 Å². The molecule has 3 aromatic rings. The van der Waals surface area contributed by atoms with Crippen molar-refractivity contribution >= 4 is 17.6 Å². The number of nitriles is 1. The standard InChI is InChI=1S/C33H32N4O6/c1-21-29(32(38)42-4)31(26-11-8-12-27(17-26)37(40)41)30(22(2)35-21)33(39)43-28(25-15-13-23(18-34)14-16-25)20-36(3)19-24-9-6-5-7-10-24/h5-17,28,31,35H,19-20H2,1-4H3. The van der Waals surface area contributed by atoms with Crippen LogP contribution < -0.4 is 5.32 Å². The van der Waals surface area contributed by atoms with E-state index in [0.29, 0.717) is 41.2 Å². The lowest BCUT2D eigenvalue weighted by Gasteiger charge is -2.32. The summed E-state index contributed by atoms with van der Waals surface area (Å²) < 4.78 is 11.2. The Morgan fingerprint density at radius 3 is 2.26 bits per heavy atom. The number of benzene rings is 3. The molecule has 0 amide bonds. The zero-order valence-corrected chi connectivity index (χ0v) is 24.4. The number of hydrogen-bond donors (Lipinski definition) is 1. The maximum Gasteiger partial charge on any atom is 0.337 e. The van der Waals surface area contributed by atoms with Crippen LogP contribution in [0.1, 0.15) is 48.1 Å². The van der Waals surface area contributed by atoms with Crippen molar-refractivity contribution in [3.05, 3.63) is 134 Å². The molecule has 1 aliphatic rings. The number of nitro benzene ring substituents is 1. The molecule has 0 bridgehead atoms. The number of nitrogens with zero attached hydrogens (tertiary/aromatic N) is 3. The fraction of sp³-hybridized carbons (Fsp3) is 0.242. The Hall–Kier alpha value is -5.27. The van der Waals surface area contributed by atoms with E-state index in [9.17, 15) is 25.0 Å². The second-order valence-electron chi connectivity index (χ2n) is 10.3. The van der Waals surface area contributed by atoms with Crippen LogP contribution in [0.5, 0.6) is 0 Å². The number of hydrogen-bond acceptors (Lipinski definition) is 9. The van der Waals surface area contributed by atoms with Crippen molar-refractivity contribution in [2.24, 2.45) is 0 Å². The van der Waals surface area contributed by atoms with Crippen LogP contribution >= 0.6 is 0 Å². The second-order valence-corrected chi connectivity index (χ2v) is 10.3. The quantitative estimate of drug-likeness (QED) is 0.193. The monoisotopic (exact) mass is 580 g/mol. The molecule has 43 heavy (non-hydrogen) atoms. The molecule has 0 saturated carbocycles. The molecule has 3 aromatic carbocycles. The highest BCUT2D eigenvalue weighted by atomic mass is 16.6. The summed E-state index contributed by atoms with van der Waals surface area (Å²) >= 11 is 0. The van der Waals surface area contributed by atoms with Gasteiger partial charge in [0.1, 0.15) is 6.10 Å². The molecule has 0 radical (unpaired) electrons. The molecule has 1 aliphatic heterocycles. The van der Waals surface area contributed by atoms with Gasteiger partial charge in [-0.25, -0.2) is 9.59 Å². The first-order chi connectivity index (χ1) is 20.6. The maximum absolute atomic E-state index is 14.1. The van der Waals surface area contributed by atoms with Crippen molar-refractivity contribution < 1.29 is 24.0 Å². The summed E-state index contributed by atoms with van der Waals surface area (Å²) in [6.45, 7) is 4.29. The molecule has 1 N–H and O–H groups in total. The third-order valence-electron chi connectivity index (χ3n) is 7.23. The first-order valence-electron chi connectivity index (χ1n) is 13.6. The van der Waals surface area contributed by atoms with Crippen LogP contribution in [0.4, 0.5) is 5.69 Å². The molecule has 2 unspecified atom stereocenters. The zero-order chi connectivity index (χ0) is 31.1. The molecule has 1 heterocycles.